The molecule has 1 aliphatic rings. The minimum atomic E-state index is -3.13. The molecule has 0 radical (unpaired) electrons. The van der Waals surface area contributed by atoms with E-state index in [9.17, 15) is 35.1 Å². The number of aliphatic hydroxyl groups is 5. The number of cyclic esters (lactones) is 2. The number of ether oxygens (including phenoxy) is 2. The second kappa shape index (κ2) is 7.11. The molecule has 1 heterocycles. The molecule has 1 rings (SSSR count). The monoisotopic (exact) mass is 309 g/mol. The number of hydrogen-bond acceptors (Lipinski definition) is 10. The molecule has 10 heteroatoms. The quantitative estimate of drug-likeness (QED) is 0.268. The Labute approximate surface area is 119 Å². The van der Waals surface area contributed by atoms with Crippen molar-refractivity contribution in [3.63, 3.8) is 0 Å². The van der Waals surface area contributed by atoms with Gasteiger partial charge in [0.2, 0.25) is 0 Å². The van der Waals surface area contributed by atoms with Gasteiger partial charge in [-0.2, -0.15) is 0 Å². The SMILES string of the molecule is CNCC(O)C(O)C(O)C(O)C1(O)OC(=O)CCC(=O)O1. The van der Waals surface area contributed by atoms with Crippen LogP contribution in [0, 0.1) is 0 Å². The lowest BCUT2D eigenvalue weighted by Crippen LogP contribution is -2.59. The van der Waals surface area contributed by atoms with Gasteiger partial charge in [0, 0.05) is 6.54 Å². The summed E-state index contributed by atoms with van der Waals surface area (Å²) in [7, 11) is 1.47. The predicted octanol–water partition coefficient (Wildman–Crippen LogP) is -3.82. The topological polar surface area (TPSA) is 166 Å². The normalized spacial score (nSPS) is 24.3. The summed E-state index contributed by atoms with van der Waals surface area (Å²) in [6.07, 6.45) is -8.62. The third kappa shape index (κ3) is 4.33. The van der Waals surface area contributed by atoms with Crippen molar-refractivity contribution in [1.29, 1.82) is 0 Å². The van der Waals surface area contributed by atoms with Crippen molar-refractivity contribution in [1.82, 2.24) is 5.32 Å². The molecule has 6 N–H and O–H groups in total. The number of hydrogen-bond donors (Lipinski definition) is 6. The first-order chi connectivity index (χ1) is 9.71. The molecular weight excluding hydrogens is 290 g/mol. The Balaban J connectivity index is 2.85. The van der Waals surface area contributed by atoms with Gasteiger partial charge in [0.15, 0.2) is 6.10 Å². The summed E-state index contributed by atoms with van der Waals surface area (Å²) in [4.78, 5) is 22.5. The highest BCUT2D eigenvalue weighted by atomic mass is 16.9. The van der Waals surface area contributed by atoms with Crippen molar-refractivity contribution in [2.24, 2.45) is 0 Å². The standard InChI is InChI=1S/C11H19NO9/c1-12-4-5(13)8(16)9(17)10(18)11(19)20-6(14)2-3-7(15)21-11/h5,8-10,12-13,16-19H,2-4H2,1H3. The van der Waals surface area contributed by atoms with Crippen LogP contribution < -0.4 is 5.32 Å². The van der Waals surface area contributed by atoms with Crippen molar-refractivity contribution in [2.75, 3.05) is 13.6 Å². The number of esters is 2. The van der Waals surface area contributed by atoms with Crippen LogP contribution in [0.4, 0.5) is 0 Å². The van der Waals surface area contributed by atoms with E-state index in [-0.39, 0.29) is 19.4 Å². The maximum Gasteiger partial charge on any atom is 0.403 e. The average molecular weight is 309 g/mol. The summed E-state index contributed by atoms with van der Waals surface area (Å²) >= 11 is 0. The molecule has 21 heavy (non-hydrogen) atoms. The fraction of sp³-hybridized carbons (Fsp3) is 0.818. The first-order valence-electron chi connectivity index (χ1n) is 6.24. The van der Waals surface area contributed by atoms with Gasteiger partial charge in [0.1, 0.15) is 12.2 Å². The number of carbonyl (C=O) groups excluding carboxylic acids is 2. The molecule has 1 saturated heterocycles. The molecule has 10 nitrogen and oxygen atoms in total. The number of carbonyl (C=O) groups is 2. The lowest BCUT2D eigenvalue weighted by molar-refractivity contribution is -0.372. The summed E-state index contributed by atoms with van der Waals surface area (Å²) in [6.45, 7) is -0.122. The van der Waals surface area contributed by atoms with Crippen molar-refractivity contribution >= 4 is 11.9 Å². The number of nitrogens with one attached hydrogen (secondary N) is 1. The van der Waals surface area contributed by atoms with Gasteiger partial charge in [-0.05, 0) is 7.05 Å². The zero-order valence-corrected chi connectivity index (χ0v) is 11.3. The molecule has 1 aliphatic heterocycles. The van der Waals surface area contributed by atoms with E-state index < -0.39 is 42.3 Å². The molecule has 0 bridgehead atoms. The zero-order valence-electron chi connectivity index (χ0n) is 11.3. The van der Waals surface area contributed by atoms with Crippen LogP contribution in [0.1, 0.15) is 12.8 Å². The van der Waals surface area contributed by atoms with Crippen molar-refractivity contribution in [2.45, 2.75) is 43.2 Å². The highest BCUT2D eigenvalue weighted by molar-refractivity contribution is 5.79. The van der Waals surface area contributed by atoms with Gasteiger partial charge in [-0.25, -0.2) is 0 Å². The first-order valence-corrected chi connectivity index (χ1v) is 6.24. The van der Waals surface area contributed by atoms with Crippen molar-refractivity contribution in [3.05, 3.63) is 0 Å². The highest BCUT2D eigenvalue weighted by Gasteiger charge is 2.52. The van der Waals surface area contributed by atoms with Crippen molar-refractivity contribution in [3.8, 4) is 0 Å². The molecule has 4 atom stereocenters. The third-order valence-corrected chi connectivity index (χ3v) is 2.91. The Morgan fingerprint density at radius 3 is 2.00 bits per heavy atom. The van der Waals surface area contributed by atoms with E-state index in [0.717, 1.165) is 0 Å². The van der Waals surface area contributed by atoms with Crippen LogP contribution in [0.5, 0.6) is 0 Å². The third-order valence-electron chi connectivity index (χ3n) is 2.91. The van der Waals surface area contributed by atoms with Crippen LogP contribution in [-0.2, 0) is 19.1 Å². The van der Waals surface area contributed by atoms with Gasteiger partial charge in [0.25, 0.3) is 0 Å². The van der Waals surface area contributed by atoms with E-state index in [1.165, 1.54) is 7.05 Å². The van der Waals surface area contributed by atoms with Crippen LogP contribution in [0.2, 0.25) is 0 Å². The Bertz CT molecular complexity index is 370. The minimum Gasteiger partial charge on any atom is -0.396 e. The molecule has 1 fully saturated rings. The molecule has 0 aromatic carbocycles. The van der Waals surface area contributed by atoms with Crippen LogP contribution in [-0.4, -0.2) is 81.5 Å². The fourth-order valence-electron chi connectivity index (χ4n) is 1.73. The molecule has 4 unspecified atom stereocenters. The molecule has 122 valence electrons. The predicted molar refractivity (Wildman–Crippen MR) is 64.3 cm³/mol. The van der Waals surface area contributed by atoms with E-state index in [1.807, 2.05) is 0 Å². The summed E-state index contributed by atoms with van der Waals surface area (Å²) in [5.41, 5.74) is 0. The number of rotatable bonds is 6. The van der Waals surface area contributed by atoms with E-state index >= 15 is 0 Å². The molecule has 0 aliphatic carbocycles. The summed E-state index contributed by atoms with van der Waals surface area (Å²) in [5.74, 6) is -5.19. The fourth-order valence-corrected chi connectivity index (χ4v) is 1.73. The lowest BCUT2D eigenvalue weighted by atomic mass is 10.0. The average Bonchev–Trinajstić information content (AvgIpc) is 2.55. The van der Waals surface area contributed by atoms with Gasteiger partial charge in [-0.1, -0.05) is 0 Å². The molecule has 0 aromatic rings. The largest absolute Gasteiger partial charge is 0.403 e. The molecular formula is C11H19NO9. The Morgan fingerprint density at radius 2 is 1.57 bits per heavy atom. The zero-order chi connectivity index (χ0) is 16.2. The van der Waals surface area contributed by atoms with Crippen LogP contribution >= 0.6 is 0 Å². The minimum absolute atomic E-state index is 0.122. The second-order valence-electron chi connectivity index (χ2n) is 4.63. The second-order valence-corrected chi connectivity index (χ2v) is 4.63. The lowest BCUT2D eigenvalue weighted by Gasteiger charge is -2.34. The number of aliphatic hydroxyl groups excluding tert-OH is 4. The van der Waals surface area contributed by atoms with Gasteiger partial charge >= 0.3 is 17.9 Å². The Kier molecular flexibility index (Phi) is 6.01. The number of likely N-dealkylation sites (N-methyl/N-ethyl adjacent to an activating group) is 1. The summed E-state index contributed by atoms with van der Waals surface area (Å²) in [6, 6.07) is 0. The van der Waals surface area contributed by atoms with Crippen LogP contribution in [0.25, 0.3) is 0 Å². The Hall–Kier alpha value is -1.30. The maximum atomic E-state index is 11.2. The van der Waals surface area contributed by atoms with Crippen LogP contribution in [0.15, 0.2) is 0 Å². The highest BCUT2D eigenvalue weighted by Crippen LogP contribution is 2.24. The molecule has 0 spiro atoms. The van der Waals surface area contributed by atoms with Gasteiger partial charge in [0.05, 0.1) is 18.9 Å². The maximum absolute atomic E-state index is 11.2. The van der Waals surface area contributed by atoms with Gasteiger partial charge in [-0.3, -0.25) is 9.59 Å². The van der Waals surface area contributed by atoms with E-state index in [0.29, 0.717) is 0 Å². The van der Waals surface area contributed by atoms with Gasteiger partial charge < -0.3 is 40.3 Å². The van der Waals surface area contributed by atoms with Crippen molar-refractivity contribution < 1.29 is 44.6 Å². The summed E-state index contributed by atoms with van der Waals surface area (Å²) < 4.78 is 8.79. The summed E-state index contributed by atoms with van der Waals surface area (Å²) in [5, 5.41) is 51.1. The first kappa shape index (κ1) is 17.8. The Morgan fingerprint density at radius 1 is 1.10 bits per heavy atom. The van der Waals surface area contributed by atoms with Crippen LogP contribution in [0.3, 0.4) is 0 Å². The van der Waals surface area contributed by atoms with E-state index in [4.69, 9.17) is 0 Å². The molecule has 0 aromatic heterocycles. The smallest absolute Gasteiger partial charge is 0.396 e. The van der Waals surface area contributed by atoms with E-state index in [1.54, 1.807) is 0 Å². The molecule has 0 saturated carbocycles. The molecule has 0 amide bonds. The van der Waals surface area contributed by atoms with Gasteiger partial charge in [-0.15, -0.1) is 0 Å². The van der Waals surface area contributed by atoms with E-state index in [2.05, 4.69) is 14.8 Å².